The molecular formula is C88H129N11O35P2. The Morgan fingerprint density at radius 1 is 0.625 bits per heavy atom. The van der Waals surface area contributed by atoms with Gasteiger partial charge in [-0.1, -0.05) is 46.1 Å². The number of nitrogens with one attached hydrogen (secondary N) is 9. The number of cyclic esters (lactones) is 1. The highest BCUT2D eigenvalue weighted by Gasteiger charge is 2.69. The number of phosphoric acid groups is 1. The Balaban J connectivity index is 0.597. The lowest BCUT2D eigenvalue weighted by molar-refractivity contribution is -0.292. The second kappa shape index (κ2) is 49.4. The van der Waals surface area contributed by atoms with Gasteiger partial charge in [-0.15, -0.1) is 0 Å². The molecule has 136 heavy (non-hydrogen) atoms. The number of Topliss-reactive ketones (excluding diaryl/α,β-unsaturated/α-hetero) is 1. The predicted molar refractivity (Wildman–Crippen MR) is 471 cm³/mol. The molecule has 0 unspecified atom stereocenters. The van der Waals surface area contributed by atoms with E-state index in [0.29, 0.717) is 68.3 Å². The van der Waals surface area contributed by atoms with Gasteiger partial charge in [-0.3, -0.25) is 61.9 Å². The van der Waals surface area contributed by atoms with Crippen LogP contribution in [0.25, 0.3) is 0 Å². The van der Waals surface area contributed by atoms with E-state index >= 15 is 0 Å². The first-order valence-electron chi connectivity index (χ1n) is 46.4. The SMILES string of the molecule is C=C1C[C@@H]2CC[C@@]34C[C@H]5O[C@H]6[C@@H](O3)[C@H]3O[C@H](CC[C@@H]3O[C@H]6[C@H]5O4)CC(=O)C[C@@H]3[C@@H](OC)[C@@H](C[C@@H](CNC(=O)OCc4ccc(NC(=O)[C@H](CCCNC(N)=O)NC(=O)[C@@H](NC(=O)[C@H](CC(=O)N[C@H]5CCOC5=O)NC(=O)CCOCCOCCOCCOCCNC(=O)[C@H](CNC(=O)CCP(=O)(O)O)N5C(=O)C=CC5=O)C(C)C)cc4)OP(=O)(O)O)O[C@H]3C[C@H]3O[C@@H](CC[C@@H]1O2)C[C@@H](C)C3=C. The number of amides is 12. The zero-order chi connectivity index (χ0) is 97.7. The number of anilines is 1. The van der Waals surface area contributed by atoms with E-state index in [4.69, 9.17) is 91.1 Å². The summed E-state index contributed by atoms with van der Waals surface area (Å²) in [5, 5.41) is 22.8. The number of alkyl carbamates (subject to hydrolysis) is 1. The topological polar surface area (TPSA) is 622 Å². The number of hydrogen-bond acceptors (Lipinski definition) is 31. The molecule has 756 valence electrons. The molecule has 11 saturated heterocycles. The average molecular weight is 1960 g/mol. The van der Waals surface area contributed by atoms with E-state index in [1.54, 1.807) is 13.8 Å². The van der Waals surface area contributed by atoms with Crippen molar-refractivity contribution in [3.05, 3.63) is 66.3 Å². The van der Waals surface area contributed by atoms with E-state index in [-0.39, 0.29) is 191 Å². The number of phosphoric ester groups is 1. The number of ether oxygens (including phenoxy) is 15. The number of benzene rings is 1. The highest BCUT2D eigenvalue weighted by Crippen LogP contribution is 2.55. The maximum Gasteiger partial charge on any atom is 0.469 e. The van der Waals surface area contributed by atoms with Crippen molar-refractivity contribution in [1.82, 2.24) is 47.4 Å². The van der Waals surface area contributed by atoms with Crippen molar-refractivity contribution in [1.29, 1.82) is 0 Å². The second-order valence-corrected chi connectivity index (χ2v) is 39.3. The number of esters is 1. The van der Waals surface area contributed by atoms with Gasteiger partial charge in [0, 0.05) is 115 Å². The minimum atomic E-state index is -5.27. The van der Waals surface area contributed by atoms with E-state index in [1.807, 2.05) is 0 Å². The number of carbonyl (C=O) groups excluding carboxylic acids is 13. The molecule has 1 aromatic rings. The summed E-state index contributed by atoms with van der Waals surface area (Å²) in [4.78, 5) is 211. The number of fused-ring (bicyclic) bond motifs is 6. The van der Waals surface area contributed by atoms with Crippen LogP contribution in [0.4, 0.5) is 15.3 Å². The number of nitrogens with two attached hydrogens (primary N) is 1. The Morgan fingerprint density at radius 2 is 1.30 bits per heavy atom. The van der Waals surface area contributed by atoms with Gasteiger partial charge in [0.15, 0.2) is 5.79 Å². The van der Waals surface area contributed by atoms with Crippen molar-refractivity contribution < 1.29 is 167 Å². The van der Waals surface area contributed by atoms with Crippen molar-refractivity contribution >= 4 is 98.1 Å². The van der Waals surface area contributed by atoms with Crippen LogP contribution in [0.5, 0.6) is 0 Å². The van der Waals surface area contributed by atoms with Crippen molar-refractivity contribution in [2.24, 2.45) is 23.5 Å². The first-order chi connectivity index (χ1) is 64.8. The molecule has 0 aliphatic carbocycles. The molecule has 46 nitrogen and oxygen atoms in total. The third-order valence-electron chi connectivity index (χ3n) is 25.9. The normalized spacial score (nSPS) is 29.7. The maximum atomic E-state index is 14.7. The summed E-state index contributed by atoms with van der Waals surface area (Å²) in [5.41, 5.74) is 7.79. The predicted octanol–water partition coefficient (Wildman–Crippen LogP) is 0.392. The van der Waals surface area contributed by atoms with E-state index in [2.05, 4.69) is 67.9 Å². The Bertz CT molecular complexity index is 4520. The Kier molecular flexibility index (Phi) is 38.6. The van der Waals surface area contributed by atoms with Crippen LogP contribution in [0.2, 0.25) is 0 Å². The van der Waals surface area contributed by atoms with Crippen molar-refractivity contribution in [2.45, 2.75) is 283 Å². The van der Waals surface area contributed by atoms with Crippen LogP contribution >= 0.6 is 15.4 Å². The van der Waals surface area contributed by atoms with Gasteiger partial charge in [0.25, 0.3) is 11.8 Å². The fourth-order valence-electron chi connectivity index (χ4n) is 19.1. The average Bonchev–Trinajstić information content (AvgIpc) is 1.55. The highest BCUT2D eigenvalue weighted by atomic mass is 31.2. The molecule has 1 aromatic carbocycles. The maximum absolute atomic E-state index is 14.7. The van der Waals surface area contributed by atoms with Gasteiger partial charge >= 0.3 is 33.5 Å². The van der Waals surface area contributed by atoms with Gasteiger partial charge in [0.05, 0.1) is 139 Å². The number of imide groups is 1. The number of carbonyl (C=O) groups is 13. The Hall–Kier alpha value is -8.71. The summed E-state index contributed by atoms with van der Waals surface area (Å²) >= 11 is 0. The van der Waals surface area contributed by atoms with Gasteiger partial charge in [0.2, 0.25) is 41.4 Å². The summed E-state index contributed by atoms with van der Waals surface area (Å²) in [6, 6.07) is -1.76. The standard InChI is InChI=1S/C88H129N11O35P2/c1-47(2)74(98-82(107)61(41-71(103)95-60-20-27-124-85(60)110)96-70(102)21-26-120-29-31-122-33-34-123-32-30-121-28-25-90-83(108)62(99-72(104)17-18-73(99)105)45-92-69(101)22-35-135(113,114)115)84(109)97-59(8-7-24-91-86(89)111)81(106)94-52-11-9-51(10-12-52)46-125-87(112)93-44-57(134-136(116,117)118)40-67-75(119-6)58-39-53(100)38-55-14-16-64-76(128-55)80-79-78(130-64)77-68(131-79)43-88(132-77,133-80)23-19-56-37-49(4)63(126-56)15-13-54-36-48(3)50(5)65(127-54)42-66(58)129-67/h9-12,17-18,47-48,54-68,74-80H,4-5,7-8,13-16,19-46H2,1-3,6H3,(H,90,108)(H,92,101)(H,93,112)(H,94,106)(H,95,103)(H,96,102)(H,97,109)(H,98,107)(H3,89,91,111)(H2,113,114,115)(H2,116,117,118)/t48-,54+,55-,56+,57+,58+,59+,60+,61+,62+,63+,64+,65-,66+,67-,68-,74+,75-,76+,77+,78+,79-,80+,88+/m1/s1. The van der Waals surface area contributed by atoms with Gasteiger partial charge in [-0.05, 0) is 98.5 Å². The molecule has 48 heteroatoms. The minimum absolute atomic E-state index is 0.0143. The fraction of sp³-hybridized carbons (Fsp3) is 0.716. The van der Waals surface area contributed by atoms with Crippen LogP contribution in [0.3, 0.4) is 0 Å². The molecule has 15 N–H and O–H groups in total. The molecule has 12 aliphatic heterocycles. The summed E-state index contributed by atoms with van der Waals surface area (Å²) in [7, 11) is -8.29. The van der Waals surface area contributed by atoms with Crippen LogP contribution in [0.1, 0.15) is 148 Å². The van der Waals surface area contributed by atoms with E-state index in [1.165, 1.54) is 31.4 Å². The zero-order valence-electron chi connectivity index (χ0n) is 76.6. The minimum Gasteiger partial charge on any atom is -0.464 e. The van der Waals surface area contributed by atoms with E-state index in [0.717, 1.165) is 23.3 Å². The van der Waals surface area contributed by atoms with Gasteiger partial charge in [0.1, 0.15) is 73.1 Å². The highest BCUT2D eigenvalue weighted by molar-refractivity contribution is 7.51. The lowest BCUT2D eigenvalue weighted by atomic mass is 9.81. The number of nitrogens with zero attached hydrogens (tertiary/aromatic N) is 1. The van der Waals surface area contributed by atoms with E-state index < -0.39 is 222 Å². The molecule has 1 spiro atoms. The molecule has 12 bridgehead atoms. The van der Waals surface area contributed by atoms with Crippen LogP contribution in [0, 0.1) is 17.8 Å². The third kappa shape index (κ3) is 30.4. The summed E-state index contributed by atoms with van der Waals surface area (Å²) in [6.07, 6.45) is -3.48. The zero-order valence-corrected chi connectivity index (χ0v) is 78.4. The molecular weight excluding hydrogens is 1830 g/mol. The molecule has 13 rings (SSSR count). The first kappa shape index (κ1) is 106. The third-order valence-corrected chi connectivity index (χ3v) is 27.3. The van der Waals surface area contributed by atoms with Crippen LogP contribution in [-0.4, -0.2) is 334 Å². The smallest absolute Gasteiger partial charge is 0.464 e. The summed E-state index contributed by atoms with van der Waals surface area (Å²) in [6.45, 7) is 13.1. The molecule has 12 aliphatic rings. The van der Waals surface area contributed by atoms with Crippen molar-refractivity contribution in [3.63, 3.8) is 0 Å². The lowest BCUT2D eigenvalue weighted by Gasteiger charge is -2.47. The van der Waals surface area contributed by atoms with Crippen molar-refractivity contribution in [3.8, 4) is 0 Å². The number of methoxy groups -OCH3 is 1. The number of hydrogen-bond donors (Lipinski definition) is 14. The summed E-state index contributed by atoms with van der Waals surface area (Å²) < 4.78 is 123. The molecule has 0 saturated carbocycles. The number of rotatable bonds is 46. The fourth-order valence-corrected chi connectivity index (χ4v) is 20.1. The molecule has 0 radical (unpaired) electrons. The monoisotopic (exact) mass is 1960 g/mol. The quantitative estimate of drug-likeness (QED) is 0.0138. The molecule has 0 aromatic heterocycles. The number of primary amides is 1. The lowest BCUT2D eigenvalue weighted by Crippen LogP contribution is -2.61. The van der Waals surface area contributed by atoms with Gasteiger partial charge in [-0.2, -0.15) is 0 Å². The molecule has 11 fully saturated rings. The number of urea groups is 1. The van der Waals surface area contributed by atoms with Crippen molar-refractivity contribution in [2.75, 3.05) is 104 Å². The summed E-state index contributed by atoms with van der Waals surface area (Å²) in [5.74, 6) is -10.4. The molecule has 12 amide bonds. The van der Waals surface area contributed by atoms with Gasteiger partial charge < -0.3 is 144 Å². The second-order valence-electron chi connectivity index (χ2n) is 36.4. The van der Waals surface area contributed by atoms with E-state index in [9.17, 15) is 81.2 Å². The van der Waals surface area contributed by atoms with Crippen LogP contribution in [-0.2, 0) is 144 Å². The molecule has 24 atom stereocenters. The van der Waals surface area contributed by atoms with Crippen LogP contribution < -0.4 is 53.6 Å². The molecule has 12 heterocycles. The first-order valence-corrected chi connectivity index (χ1v) is 49.8. The van der Waals surface area contributed by atoms with Gasteiger partial charge in [-0.25, -0.2) is 18.9 Å². The largest absolute Gasteiger partial charge is 0.469 e. The number of ketones is 1. The van der Waals surface area contributed by atoms with Crippen LogP contribution in [0.15, 0.2) is 60.7 Å². The Labute approximate surface area is 785 Å². The Morgan fingerprint density at radius 3 is 1.99 bits per heavy atom.